The highest BCUT2D eigenvalue weighted by atomic mass is 32.2. The molecule has 0 unspecified atom stereocenters. The molecule has 0 bridgehead atoms. The molecule has 1 aliphatic carbocycles. The van der Waals surface area contributed by atoms with Crippen LogP contribution < -0.4 is 15.8 Å². The summed E-state index contributed by atoms with van der Waals surface area (Å²) < 4.78 is 5.54. The van der Waals surface area contributed by atoms with Gasteiger partial charge in [0.25, 0.3) is 0 Å². The fourth-order valence-corrected chi connectivity index (χ4v) is 8.03. The van der Waals surface area contributed by atoms with Gasteiger partial charge in [-0.1, -0.05) is 31.4 Å². The number of ether oxygens (including phenoxy) is 1. The Hall–Kier alpha value is -1.46. The second-order valence-electron chi connectivity index (χ2n) is 9.61. The molecule has 3 aliphatic rings. The number of thioether (sulfide) groups is 2. The zero-order chi connectivity index (χ0) is 24.7. The lowest BCUT2D eigenvalue weighted by atomic mass is 9.89. The molecule has 1 aromatic carbocycles. The van der Waals surface area contributed by atoms with E-state index in [4.69, 9.17) is 10.5 Å². The number of methoxy groups -OCH3 is 1. The average molecular weight is 522 g/mol. The third-order valence-corrected chi connectivity index (χ3v) is 9.85. The first-order valence-electron chi connectivity index (χ1n) is 12.7. The second kappa shape index (κ2) is 12.7. The van der Waals surface area contributed by atoms with Crippen LogP contribution in [-0.2, 0) is 9.59 Å². The monoisotopic (exact) mass is 521 g/mol. The summed E-state index contributed by atoms with van der Waals surface area (Å²) in [6, 6.07) is 7.94. The first-order chi connectivity index (χ1) is 17.0. The summed E-state index contributed by atoms with van der Waals surface area (Å²) in [7, 11) is 1.67. The van der Waals surface area contributed by atoms with Crippen molar-refractivity contribution in [3.05, 3.63) is 24.3 Å². The Morgan fingerprint density at radius 2 is 1.94 bits per heavy atom. The number of nitrogens with two attached hydrogens (primary N) is 1. The van der Waals surface area contributed by atoms with Crippen LogP contribution >= 0.6 is 23.5 Å². The quantitative estimate of drug-likeness (QED) is 0.359. The summed E-state index contributed by atoms with van der Waals surface area (Å²) in [5.41, 5.74) is 5.47. The maximum absolute atomic E-state index is 13.5. The van der Waals surface area contributed by atoms with Gasteiger partial charge in [-0.3, -0.25) is 14.9 Å². The van der Waals surface area contributed by atoms with Crippen LogP contribution in [-0.4, -0.2) is 89.6 Å². The maximum Gasteiger partial charge on any atom is 0.248 e. The van der Waals surface area contributed by atoms with Crippen LogP contribution in [0.1, 0.15) is 38.5 Å². The SMILES string of the molecule is COc1ccccc1SC[C@@]1(N(C(=O)CC(N)=O)N2CCN(CC3CCCCC3)CC2)NCCS1. The van der Waals surface area contributed by atoms with Crippen molar-refractivity contribution in [2.75, 3.05) is 57.9 Å². The molecule has 8 nitrogen and oxygen atoms in total. The van der Waals surface area contributed by atoms with Gasteiger partial charge in [-0.25, -0.2) is 10.0 Å². The molecular weight excluding hydrogens is 482 g/mol. The van der Waals surface area contributed by atoms with Gasteiger partial charge in [-0.05, 0) is 30.9 Å². The van der Waals surface area contributed by atoms with Crippen molar-refractivity contribution < 1.29 is 14.3 Å². The minimum absolute atomic E-state index is 0.235. The number of piperazine rings is 1. The Morgan fingerprint density at radius 1 is 1.20 bits per heavy atom. The third kappa shape index (κ3) is 6.85. The molecular formula is C25H39N5O3S2. The summed E-state index contributed by atoms with van der Waals surface area (Å²) in [5, 5.41) is 7.58. The summed E-state index contributed by atoms with van der Waals surface area (Å²) >= 11 is 3.40. The smallest absolute Gasteiger partial charge is 0.248 e. The van der Waals surface area contributed by atoms with Crippen LogP contribution in [0, 0.1) is 5.92 Å². The zero-order valence-corrected chi connectivity index (χ0v) is 22.4. The number of hydrogen-bond acceptors (Lipinski definition) is 8. The van der Waals surface area contributed by atoms with Crippen molar-refractivity contribution in [1.82, 2.24) is 20.2 Å². The predicted molar refractivity (Wildman–Crippen MR) is 142 cm³/mol. The van der Waals surface area contributed by atoms with Gasteiger partial charge < -0.3 is 15.4 Å². The van der Waals surface area contributed by atoms with Crippen molar-refractivity contribution in [2.45, 2.75) is 48.4 Å². The van der Waals surface area contributed by atoms with Crippen LogP contribution in [0.4, 0.5) is 0 Å². The normalized spacial score (nSPS) is 24.4. The maximum atomic E-state index is 13.5. The van der Waals surface area contributed by atoms with Gasteiger partial charge in [0.05, 0.1) is 7.11 Å². The Balaban J connectivity index is 1.48. The van der Waals surface area contributed by atoms with Crippen molar-refractivity contribution in [3.8, 4) is 5.75 Å². The highest BCUT2D eigenvalue weighted by Gasteiger charge is 2.47. The van der Waals surface area contributed by atoms with E-state index in [0.29, 0.717) is 5.75 Å². The van der Waals surface area contributed by atoms with Gasteiger partial charge in [0.2, 0.25) is 11.8 Å². The molecule has 194 valence electrons. The molecule has 1 saturated carbocycles. The highest BCUT2D eigenvalue weighted by Crippen LogP contribution is 2.40. The number of para-hydroxylation sites is 1. The predicted octanol–water partition coefficient (Wildman–Crippen LogP) is 2.59. The molecule has 0 radical (unpaired) electrons. The molecule has 1 atom stereocenters. The number of primary amides is 1. The fraction of sp³-hybridized carbons (Fsp3) is 0.680. The van der Waals surface area contributed by atoms with E-state index in [2.05, 4.69) is 15.2 Å². The van der Waals surface area contributed by atoms with Gasteiger partial charge in [0, 0.05) is 55.7 Å². The summed E-state index contributed by atoms with van der Waals surface area (Å²) in [6.45, 7) is 5.35. The molecule has 3 N–H and O–H groups in total. The van der Waals surface area contributed by atoms with E-state index >= 15 is 0 Å². The highest BCUT2D eigenvalue weighted by molar-refractivity contribution is 8.04. The molecule has 2 heterocycles. The van der Waals surface area contributed by atoms with Gasteiger partial charge >= 0.3 is 0 Å². The summed E-state index contributed by atoms with van der Waals surface area (Å²) in [4.78, 5) is 28.2. The minimum Gasteiger partial charge on any atom is -0.496 e. The molecule has 0 aromatic heterocycles. The number of rotatable bonds is 10. The number of nitrogens with one attached hydrogen (secondary N) is 1. The number of nitrogens with zero attached hydrogens (tertiary/aromatic N) is 3. The lowest BCUT2D eigenvalue weighted by Crippen LogP contribution is -2.67. The molecule has 10 heteroatoms. The van der Waals surface area contributed by atoms with Crippen LogP contribution in [0.5, 0.6) is 5.75 Å². The molecule has 35 heavy (non-hydrogen) atoms. The second-order valence-corrected chi connectivity index (χ2v) is 12.0. The van der Waals surface area contributed by atoms with E-state index in [-0.39, 0.29) is 12.3 Å². The zero-order valence-electron chi connectivity index (χ0n) is 20.7. The standard InChI is InChI=1S/C25H39N5O3S2/c1-33-21-9-5-6-10-22(21)34-19-25(27-11-16-35-25)30(24(32)17-23(26)31)29-14-12-28(13-15-29)18-20-7-3-2-4-8-20/h5-6,9-10,20,27H,2-4,7-8,11-19H2,1H3,(H2,26,31)/t25-/m0/s1. The Morgan fingerprint density at radius 3 is 2.60 bits per heavy atom. The van der Waals surface area contributed by atoms with E-state index in [1.165, 1.54) is 32.1 Å². The number of carbonyl (C=O) groups excluding carboxylic acids is 2. The first-order valence-corrected chi connectivity index (χ1v) is 14.7. The van der Waals surface area contributed by atoms with E-state index in [1.54, 1.807) is 30.6 Å². The molecule has 2 saturated heterocycles. The van der Waals surface area contributed by atoms with Crippen molar-refractivity contribution in [1.29, 1.82) is 0 Å². The third-order valence-electron chi connectivity index (χ3n) is 7.11. The van der Waals surface area contributed by atoms with E-state index < -0.39 is 10.9 Å². The largest absolute Gasteiger partial charge is 0.496 e. The van der Waals surface area contributed by atoms with Crippen molar-refractivity contribution >= 4 is 35.3 Å². The van der Waals surface area contributed by atoms with E-state index in [1.807, 2.05) is 29.3 Å². The number of carbonyl (C=O) groups is 2. The van der Waals surface area contributed by atoms with E-state index in [0.717, 1.165) is 61.6 Å². The lowest BCUT2D eigenvalue weighted by molar-refractivity contribution is -0.164. The number of amides is 2. The first kappa shape index (κ1) is 26.6. The van der Waals surface area contributed by atoms with Crippen LogP contribution in [0.2, 0.25) is 0 Å². The topological polar surface area (TPSA) is 91.1 Å². The summed E-state index contributed by atoms with van der Waals surface area (Å²) in [6.07, 6.45) is 6.48. The van der Waals surface area contributed by atoms with Crippen molar-refractivity contribution in [2.24, 2.45) is 11.7 Å². The van der Waals surface area contributed by atoms with Gasteiger partial charge in [0.15, 0.2) is 4.99 Å². The summed E-state index contributed by atoms with van der Waals surface area (Å²) in [5.74, 6) is 2.33. The average Bonchev–Trinajstić information content (AvgIpc) is 3.34. The minimum atomic E-state index is -0.635. The van der Waals surface area contributed by atoms with Crippen LogP contribution in [0.15, 0.2) is 29.2 Å². The molecule has 1 aromatic rings. The molecule has 2 aliphatic heterocycles. The van der Waals surface area contributed by atoms with Crippen LogP contribution in [0.3, 0.4) is 0 Å². The van der Waals surface area contributed by atoms with Gasteiger partial charge in [-0.2, -0.15) is 0 Å². The number of benzene rings is 1. The Kier molecular flexibility index (Phi) is 9.63. The van der Waals surface area contributed by atoms with Gasteiger partial charge in [0.1, 0.15) is 12.2 Å². The molecule has 3 fully saturated rings. The number of hydrazine groups is 1. The van der Waals surface area contributed by atoms with E-state index in [9.17, 15) is 9.59 Å². The Labute approximate surface area is 217 Å². The fourth-order valence-electron chi connectivity index (χ4n) is 5.39. The van der Waals surface area contributed by atoms with Crippen LogP contribution in [0.25, 0.3) is 0 Å². The number of hydrogen-bond donors (Lipinski definition) is 2. The lowest BCUT2D eigenvalue weighted by Gasteiger charge is -2.49. The molecule has 0 spiro atoms. The van der Waals surface area contributed by atoms with Crippen molar-refractivity contribution in [3.63, 3.8) is 0 Å². The molecule has 4 rings (SSSR count). The van der Waals surface area contributed by atoms with Gasteiger partial charge in [-0.15, -0.1) is 23.5 Å². The molecule has 2 amide bonds. The Bertz CT molecular complexity index is 853.